The maximum absolute atomic E-state index is 13.6. The molecule has 2 rings (SSSR count). The molecule has 88 valence electrons. The van der Waals surface area contributed by atoms with Crippen LogP contribution in [0, 0.1) is 5.82 Å². The number of aliphatic hydroxyl groups is 1. The third-order valence-corrected chi connectivity index (χ3v) is 2.90. The number of β-amino-alcohol motifs (C(OH)–C–C–N with tert-alkyl or cyclic N) is 1. The molecule has 0 amide bonds. The van der Waals surface area contributed by atoms with Gasteiger partial charge in [-0.25, -0.2) is 4.39 Å². The molecule has 0 radical (unpaired) electrons. The van der Waals surface area contributed by atoms with Crippen LogP contribution in [-0.4, -0.2) is 36.3 Å². The number of ether oxygens (including phenoxy) is 1. The Morgan fingerprint density at radius 3 is 2.94 bits per heavy atom. The van der Waals surface area contributed by atoms with E-state index in [0.717, 1.165) is 13.0 Å². The molecule has 1 atom stereocenters. The summed E-state index contributed by atoms with van der Waals surface area (Å²) in [5.74, 6) is 0.281. The Morgan fingerprint density at radius 2 is 2.38 bits per heavy atom. The van der Waals surface area contributed by atoms with Crippen molar-refractivity contribution in [1.82, 2.24) is 4.90 Å². The third-order valence-electron chi connectivity index (χ3n) is 2.90. The molecule has 1 N–H and O–H groups in total. The second kappa shape index (κ2) is 4.80. The molecule has 4 heteroatoms. The quantitative estimate of drug-likeness (QED) is 0.844. The number of nitrogens with zero attached hydrogens (tertiary/aromatic N) is 1. The maximum Gasteiger partial charge on any atom is 0.131 e. The second-order valence-corrected chi connectivity index (χ2v) is 4.13. The first-order chi connectivity index (χ1) is 7.69. The topological polar surface area (TPSA) is 32.7 Å². The van der Waals surface area contributed by atoms with Crippen molar-refractivity contribution in [3.05, 3.63) is 29.6 Å². The van der Waals surface area contributed by atoms with Crippen molar-refractivity contribution in [2.24, 2.45) is 0 Å². The first kappa shape index (κ1) is 11.4. The lowest BCUT2D eigenvalue weighted by Crippen LogP contribution is -2.22. The Labute approximate surface area is 94.4 Å². The molecule has 0 aromatic heterocycles. The lowest BCUT2D eigenvalue weighted by molar-refractivity contribution is 0.174. The van der Waals surface area contributed by atoms with E-state index >= 15 is 0 Å². The Kier molecular flexibility index (Phi) is 3.41. The number of rotatable bonds is 3. The highest BCUT2D eigenvalue weighted by atomic mass is 19.1. The predicted octanol–water partition coefficient (Wildman–Crippen LogP) is 1.40. The van der Waals surface area contributed by atoms with Gasteiger partial charge in [0.15, 0.2) is 0 Å². The molecule has 0 spiro atoms. The SMILES string of the molecule is COc1ccc(CN2CCC(O)C2)c(F)c1. The number of hydrogen-bond donors (Lipinski definition) is 1. The van der Waals surface area contributed by atoms with Crippen LogP contribution in [0.2, 0.25) is 0 Å². The Hall–Kier alpha value is -1.13. The second-order valence-electron chi connectivity index (χ2n) is 4.13. The van der Waals surface area contributed by atoms with Crippen LogP contribution in [0.4, 0.5) is 4.39 Å². The van der Waals surface area contributed by atoms with Crippen LogP contribution in [0.15, 0.2) is 18.2 Å². The summed E-state index contributed by atoms with van der Waals surface area (Å²) in [6.07, 6.45) is 0.513. The summed E-state index contributed by atoms with van der Waals surface area (Å²) in [7, 11) is 1.52. The standard InChI is InChI=1S/C12H16FNO2/c1-16-11-3-2-9(12(13)6-11)7-14-5-4-10(15)8-14/h2-3,6,10,15H,4-5,7-8H2,1H3. The van der Waals surface area contributed by atoms with Gasteiger partial charge in [-0.1, -0.05) is 6.07 Å². The molecule has 1 aliphatic heterocycles. The summed E-state index contributed by atoms with van der Waals surface area (Å²) in [4.78, 5) is 2.05. The summed E-state index contributed by atoms with van der Waals surface area (Å²) in [6.45, 7) is 2.00. The zero-order chi connectivity index (χ0) is 11.5. The monoisotopic (exact) mass is 225 g/mol. The van der Waals surface area contributed by atoms with Gasteiger partial charge in [0.1, 0.15) is 11.6 Å². The van der Waals surface area contributed by atoms with E-state index < -0.39 is 0 Å². The normalized spacial score (nSPS) is 21.3. The first-order valence-corrected chi connectivity index (χ1v) is 5.42. The van der Waals surface area contributed by atoms with Crippen LogP contribution in [0.25, 0.3) is 0 Å². The summed E-state index contributed by atoms with van der Waals surface area (Å²) in [5.41, 5.74) is 0.648. The minimum atomic E-state index is -0.263. The van der Waals surface area contributed by atoms with E-state index in [-0.39, 0.29) is 11.9 Å². The summed E-state index contributed by atoms with van der Waals surface area (Å²) in [6, 6.07) is 4.88. The molecule has 1 aliphatic rings. The molecular formula is C12H16FNO2. The van der Waals surface area contributed by atoms with E-state index in [1.165, 1.54) is 13.2 Å². The van der Waals surface area contributed by atoms with Crippen LogP contribution < -0.4 is 4.74 Å². The average molecular weight is 225 g/mol. The molecular weight excluding hydrogens is 209 g/mol. The van der Waals surface area contributed by atoms with Crippen molar-refractivity contribution in [3.8, 4) is 5.75 Å². The van der Waals surface area contributed by atoms with Crippen molar-refractivity contribution in [2.45, 2.75) is 19.1 Å². The van der Waals surface area contributed by atoms with E-state index in [0.29, 0.717) is 24.4 Å². The molecule has 1 fully saturated rings. The molecule has 0 bridgehead atoms. The van der Waals surface area contributed by atoms with E-state index in [9.17, 15) is 9.50 Å². The van der Waals surface area contributed by atoms with Crippen molar-refractivity contribution < 1.29 is 14.2 Å². The van der Waals surface area contributed by atoms with Crippen molar-refractivity contribution >= 4 is 0 Å². The van der Waals surface area contributed by atoms with Gasteiger partial charge in [0, 0.05) is 31.3 Å². The van der Waals surface area contributed by atoms with Gasteiger partial charge in [-0.2, -0.15) is 0 Å². The van der Waals surface area contributed by atoms with Crippen LogP contribution in [0.3, 0.4) is 0 Å². The highest BCUT2D eigenvalue weighted by Crippen LogP contribution is 2.19. The minimum absolute atomic E-state index is 0.249. The molecule has 1 heterocycles. The van der Waals surface area contributed by atoms with Gasteiger partial charge in [-0.05, 0) is 12.5 Å². The molecule has 0 aliphatic carbocycles. The van der Waals surface area contributed by atoms with Gasteiger partial charge in [-0.15, -0.1) is 0 Å². The molecule has 0 saturated carbocycles. The van der Waals surface area contributed by atoms with Crippen molar-refractivity contribution in [3.63, 3.8) is 0 Å². The minimum Gasteiger partial charge on any atom is -0.497 e. The fourth-order valence-electron chi connectivity index (χ4n) is 1.98. The number of aliphatic hydroxyl groups excluding tert-OH is 1. The third kappa shape index (κ3) is 2.51. The van der Waals surface area contributed by atoms with Crippen LogP contribution in [0.5, 0.6) is 5.75 Å². The van der Waals surface area contributed by atoms with Gasteiger partial charge < -0.3 is 9.84 Å². The van der Waals surface area contributed by atoms with Crippen LogP contribution >= 0.6 is 0 Å². The molecule has 16 heavy (non-hydrogen) atoms. The van der Waals surface area contributed by atoms with E-state index in [4.69, 9.17) is 4.74 Å². The number of halogens is 1. The summed E-state index contributed by atoms with van der Waals surface area (Å²) in [5, 5.41) is 9.37. The lowest BCUT2D eigenvalue weighted by atomic mass is 10.2. The number of likely N-dealkylation sites (tertiary alicyclic amines) is 1. The van der Waals surface area contributed by atoms with E-state index in [1.807, 2.05) is 0 Å². The fraction of sp³-hybridized carbons (Fsp3) is 0.500. The van der Waals surface area contributed by atoms with Crippen molar-refractivity contribution in [2.75, 3.05) is 20.2 Å². The lowest BCUT2D eigenvalue weighted by Gasteiger charge is -2.15. The van der Waals surface area contributed by atoms with Gasteiger partial charge >= 0.3 is 0 Å². The maximum atomic E-state index is 13.6. The first-order valence-electron chi connectivity index (χ1n) is 5.42. The Balaban J connectivity index is 2.04. The highest BCUT2D eigenvalue weighted by Gasteiger charge is 2.20. The van der Waals surface area contributed by atoms with Gasteiger partial charge in [0.05, 0.1) is 13.2 Å². The van der Waals surface area contributed by atoms with E-state index in [2.05, 4.69) is 4.90 Å². The average Bonchev–Trinajstić information content (AvgIpc) is 2.67. The van der Waals surface area contributed by atoms with E-state index in [1.54, 1.807) is 12.1 Å². The molecule has 1 saturated heterocycles. The number of methoxy groups -OCH3 is 1. The molecule has 3 nitrogen and oxygen atoms in total. The Morgan fingerprint density at radius 1 is 1.56 bits per heavy atom. The summed E-state index contributed by atoms with van der Waals surface area (Å²) >= 11 is 0. The molecule has 1 unspecified atom stereocenters. The van der Waals surface area contributed by atoms with Gasteiger partial charge in [0.25, 0.3) is 0 Å². The zero-order valence-electron chi connectivity index (χ0n) is 9.32. The van der Waals surface area contributed by atoms with Gasteiger partial charge in [0.2, 0.25) is 0 Å². The highest BCUT2D eigenvalue weighted by molar-refractivity contribution is 5.28. The zero-order valence-corrected chi connectivity index (χ0v) is 9.32. The Bertz CT molecular complexity index is 370. The summed E-state index contributed by atoms with van der Waals surface area (Å²) < 4.78 is 18.6. The smallest absolute Gasteiger partial charge is 0.131 e. The number of hydrogen-bond acceptors (Lipinski definition) is 3. The molecule has 1 aromatic carbocycles. The fourth-order valence-corrected chi connectivity index (χ4v) is 1.98. The van der Waals surface area contributed by atoms with Gasteiger partial charge in [-0.3, -0.25) is 4.90 Å². The number of benzene rings is 1. The largest absolute Gasteiger partial charge is 0.497 e. The predicted molar refractivity (Wildman–Crippen MR) is 58.9 cm³/mol. The van der Waals surface area contributed by atoms with Crippen LogP contribution in [0.1, 0.15) is 12.0 Å². The van der Waals surface area contributed by atoms with Crippen molar-refractivity contribution in [1.29, 1.82) is 0 Å². The molecule has 1 aromatic rings. The van der Waals surface area contributed by atoms with Crippen LogP contribution in [-0.2, 0) is 6.54 Å².